The van der Waals surface area contributed by atoms with Crippen LogP contribution in [0.4, 0.5) is 0 Å². The Kier molecular flexibility index (Phi) is 6.73. The van der Waals surface area contributed by atoms with E-state index in [9.17, 15) is 0 Å². The quantitative estimate of drug-likeness (QED) is 0.328. The fraction of sp³-hybridized carbons (Fsp3) is 0.222. The van der Waals surface area contributed by atoms with Gasteiger partial charge in [-0.2, -0.15) is 0 Å². The summed E-state index contributed by atoms with van der Waals surface area (Å²) in [5.74, 6) is 1.02. The molecule has 1 atom stereocenters. The van der Waals surface area contributed by atoms with Crippen molar-refractivity contribution >= 4 is 0 Å². The summed E-state index contributed by atoms with van der Waals surface area (Å²) in [7, 11) is 0. The van der Waals surface area contributed by atoms with Crippen LogP contribution in [0.25, 0.3) is 22.4 Å². The van der Waals surface area contributed by atoms with Gasteiger partial charge in [0.25, 0.3) is 0 Å². The number of nitrogens with zero attached hydrogens (tertiary/aromatic N) is 1. The lowest BCUT2D eigenvalue weighted by molar-refractivity contribution is 0.463. The van der Waals surface area contributed by atoms with Crippen molar-refractivity contribution < 1.29 is 0 Å². The minimum Gasteiger partial charge on any atom is -0.347 e. The van der Waals surface area contributed by atoms with E-state index in [0.29, 0.717) is 0 Å². The van der Waals surface area contributed by atoms with Crippen LogP contribution < -0.4 is 5.32 Å². The summed E-state index contributed by atoms with van der Waals surface area (Å²) >= 11 is 0. The van der Waals surface area contributed by atoms with Gasteiger partial charge in [-0.05, 0) is 23.1 Å². The highest BCUT2D eigenvalue weighted by atomic mass is 15.0. The van der Waals surface area contributed by atoms with Gasteiger partial charge in [-0.3, -0.25) is 0 Å². The first kappa shape index (κ1) is 20.1. The number of imidazole rings is 1. The number of aromatic amines is 1. The first-order valence-corrected chi connectivity index (χ1v) is 10.8. The third kappa shape index (κ3) is 5.05. The predicted octanol–water partition coefficient (Wildman–Crippen LogP) is 6.76. The second-order valence-corrected chi connectivity index (χ2v) is 7.68. The van der Waals surface area contributed by atoms with Gasteiger partial charge >= 0.3 is 0 Å². The fourth-order valence-corrected chi connectivity index (χ4v) is 3.71. The molecule has 3 heteroatoms. The summed E-state index contributed by atoms with van der Waals surface area (Å²) in [6, 6.07) is 29.9. The van der Waals surface area contributed by atoms with E-state index in [1.54, 1.807) is 0 Å². The van der Waals surface area contributed by atoms with Crippen molar-refractivity contribution in [3.63, 3.8) is 0 Å². The van der Waals surface area contributed by atoms with Gasteiger partial charge in [0.15, 0.2) is 0 Å². The molecule has 1 aromatic heterocycles. The summed E-state index contributed by atoms with van der Waals surface area (Å²) in [6.07, 6.45) is 5.45. The average molecular weight is 396 g/mol. The normalized spacial score (nSPS) is 12.0. The highest BCUT2D eigenvalue weighted by Gasteiger charge is 2.15. The number of hydrogen-bond acceptors (Lipinski definition) is 2. The molecule has 1 heterocycles. The molecular formula is C27H29N3. The maximum atomic E-state index is 4.93. The molecule has 4 rings (SSSR count). The van der Waals surface area contributed by atoms with Crippen LogP contribution in [0.2, 0.25) is 0 Å². The van der Waals surface area contributed by atoms with Crippen LogP contribution in [0.1, 0.15) is 43.6 Å². The average Bonchev–Trinajstić information content (AvgIpc) is 3.31. The Balaban J connectivity index is 1.48. The molecule has 0 spiro atoms. The van der Waals surface area contributed by atoms with Gasteiger partial charge in [-0.1, -0.05) is 105 Å². The van der Waals surface area contributed by atoms with Crippen molar-refractivity contribution in [2.75, 3.05) is 0 Å². The molecule has 0 saturated heterocycles. The van der Waals surface area contributed by atoms with Gasteiger partial charge < -0.3 is 10.3 Å². The van der Waals surface area contributed by atoms with E-state index in [1.165, 1.54) is 29.5 Å². The van der Waals surface area contributed by atoms with E-state index < -0.39 is 0 Å². The van der Waals surface area contributed by atoms with E-state index in [-0.39, 0.29) is 6.04 Å². The maximum Gasteiger partial charge on any atom is 0.124 e. The number of unbranched alkanes of at least 4 members (excludes halogenated alkanes) is 1. The Morgan fingerprint density at radius 3 is 2.13 bits per heavy atom. The zero-order valence-electron chi connectivity index (χ0n) is 17.5. The predicted molar refractivity (Wildman–Crippen MR) is 125 cm³/mol. The Hall–Kier alpha value is -3.17. The third-order valence-corrected chi connectivity index (χ3v) is 5.46. The van der Waals surface area contributed by atoms with Crippen LogP contribution in [0.15, 0.2) is 91.1 Å². The van der Waals surface area contributed by atoms with Crippen molar-refractivity contribution in [2.24, 2.45) is 0 Å². The standard InChI is InChI=1S/C27H29N3/c1-2-3-14-25(28-19-21-10-6-4-7-11-21)27-29-20-26(30-27)24-17-15-23(16-18-24)22-12-8-5-9-13-22/h4-13,15-18,20,25,28H,2-3,14,19H2,1H3,(H,29,30)/t25-/m0/s1. The second-order valence-electron chi connectivity index (χ2n) is 7.68. The van der Waals surface area contributed by atoms with Crippen molar-refractivity contribution in [1.29, 1.82) is 0 Å². The molecule has 0 amide bonds. The smallest absolute Gasteiger partial charge is 0.124 e. The molecule has 30 heavy (non-hydrogen) atoms. The van der Waals surface area contributed by atoms with Crippen molar-refractivity contribution in [2.45, 2.75) is 38.8 Å². The molecule has 152 valence electrons. The first-order chi connectivity index (χ1) is 14.8. The topological polar surface area (TPSA) is 40.7 Å². The monoisotopic (exact) mass is 395 g/mol. The molecule has 4 aromatic rings. The van der Waals surface area contributed by atoms with Crippen LogP contribution in [0.3, 0.4) is 0 Å². The number of hydrogen-bond donors (Lipinski definition) is 2. The molecule has 3 aromatic carbocycles. The Morgan fingerprint density at radius 2 is 1.43 bits per heavy atom. The van der Waals surface area contributed by atoms with Crippen LogP contribution in [0.5, 0.6) is 0 Å². The molecule has 0 bridgehead atoms. The van der Waals surface area contributed by atoms with E-state index in [0.717, 1.165) is 30.0 Å². The minimum absolute atomic E-state index is 0.225. The SMILES string of the molecule is CCCC[C@H](NCc1ccccc1)c1nc(-c2ccc(-c3ccccc3)cc2)c[nH]1. The summed E-state index contributed by atoms with van der Waals surface area (Å²) in [5.41, 5.74) is 5.88. The van der Waals surface area contributed by atoms with E-state index in [4.69, 9.17) is 4.98 Å². The van der Waals surface area contributed by atoms with Crippen LogP contribution in [-0.2, 0) is 6.54 Å². The first-order valence-electron chi connectivity index (χ1n) is 10.8. The Labute approximate surface area is 179 Å². The molecule has 0 aliphatic rings. The van der Waals surface area contributed by atoms with Gasteiger partial charge in [-0.25, -0.2) is 4.98 Å². The van der Waals surface area contributed by atoms with Crippen LogP contribution in [0, 0.1) is 0 Å². The Morgan fingerprint density at radius 1 is 0.800 bits per heavy atom. The summed E-state index contributed by atoms with van der Waals surface area (Å²) in [5, 5.41) is 3.69. The van der Waals surface area contributed by atoms with E-state index in [1.807, 2.05) is 12.3 Å². The molecule has 0 aliphatic carbocycles. The zero-order valence-corrected chi connectivity index (χ0v) is 17.5. The lowest BCUT2D eigenvalue weighted by atomic mass is 10.0. The molecule has 0 unspecified atom stereocenters. The Bertz CT molecular complexity index is 1020. The van der Waals surface area contributed by atoms with Gasteiger partial charge in [0.2, 0.25) is 0 Å². The maximum absolute atomic E-state index is 4.93. The highest BCUT2D eigenvalue weighted by Crippen LogP contribution is 2.26. The summed E-state index contributed by atoms with van der Waals surface area (Å²) < 4.78 is 0. The molecule has 3 nitrogen and oxygen atoms in total. The fourth-order valence-electron chi connectivity index (χ4n) is 3.71. The van der Waals surface area contributed by atoms with Crippen molar-refractivity contribution in [3.05, 3.63) is 103 Å². The molecule has 0 fully saturated rings. The molecule has 0 radical (unpaired) electrons. The van der Waals surface area contributed by atoms with Gasteiger partial charge in [0.1, 0.15) is 5.82 Å². The largest absolute Gasteiger partial charge is 0.347 e. The summed E-state index contributed by atoms with van der Waals surface area (Å²) in [6.45, 7) is 3.08. The number of benzene rings is 3. The van der Waals surface area contributed by atoms with Gasteiger partial charge in [0, 0.05) is 18.3 Å². The number of H-pyrrole nitrogens is 1. The van der Waals surface area contributed by atoms with Gasteiger partial charge in [0.05, 0.1) is 11.7 Å². The third-order valence-electron chi connectivity index (χ3n) is 5.46. The number of nitrogens with one attached hydrogen (secondary N) is 2. The molecule has 0 aliphatic heterocycles. The number of rotatable bonds is 9. The van der Waals surface area contributed by atoms with Crippen LogP contribution in [-0.4, -0.2) is 9.97 Å². The van der Waals surface area contributed by atoms with Crippen molar-refractivity contribution in [1.82, 2.24) is 15.3 Å². The van der Waals surface area contributed by atoms with E-state index >= 15 is 0 Å². The second kappa shape index (κ2) is 10.0. The minimum atomic E-state index is 0.225. The highest BCUT2D eigenvalue weighted by molar-refractivity contribution is 5.68. The lowest BCUT2D eigenvalue weighted by Gasteiger charge is -2.16. The molecule has 0 saturated carbocycles. The lowest BCUT2D eigenvalue weighted by Crippen LogP contribution is -2.22. The number of aromatic nitrogens is 2. The molecule has 2 N–H and O–H groups in total. The molecular weight excluding hydrogens is 366 g/mol. The summed E-state index contributed by atoms with van der Waals surface area (Å²) in [4.78, 5) is 8.35. The van der Waals surface area contributed by atoms with Crippen LogP contribution >= 0.6 is 0 Å². The van der Waals surface area contributed by atoms with Crippen molar-refractivity contribution in [3.8, 4) is 22.4 Å². The van der Waals surface area contributed by atoms with Gasteiger partial charge in [-0.15, -0.1) is 0 Å². The zero-order chi connectivity index (χ0) is 20.6. The van der Waals surface area contributed by atoms with E-state index in [2.05, 4.69) is 96.1 Å².